The summed E-state index contributed by atoms with van der Waals surface area (Å²) >= 11 is 0. The van der Waals surface area contributed by atoms with Gasteiger partial charge in [0.25, 0.3) is 5.97 Å². The molecule has 0 bridgehead atoms. The summed E-state index contributed by atoms with van der Waals surface area (Å²) in [6, 6.07) is 0. The van der Waals surface area contributed by atoms with Crippen LogP contribution in [0.2, 0.25) is 0 Å². The quantitative estimate of drug-likeness (QED) is 0.436. The van der Waals surface area contributed by atoms with Crippen LogP contribution < -0.4 is 14.7 Å². The third-order valence-corrected chi connectivity index (χ3v) is 0. The maximum Gasteiger partial charge on any atom is 3.00 e. The van der Waals surface area contributed by atoms with Crippen molar-refractivity contribution < 1.29 is 45.9 Å². The van der Waals surface area contributed by atoms with Crippen LogP contribution in [0, 0.1) is 0 Å². The van der Waals surface area contributed by atoms with Crippen molar-refractivity contribution in [1.29, 1.82) is 0 Å². The Bertz CT molecular complexity index is 115. The maximum absolute atomic E-state index is 9.00. The van der Waals surface area contributed by atoms with Gasteiger partial charge in [0.05, 0.1) is 0 Å². The Kier molecular flexibility index (Phi) is 11.9. The molecular formula is C2H4CoO6P. The molecule has 0 rings (SSSR count). The summed E-state index contributed by atoms with van der Waals surface area (Å²) < 4.78 is 8.55. The first-order chi connectivity index (χ1) is 3.73. The zero-order chi connectivity index (χ0) is 8.08. The second-order valence-electron chi connectivity index (χ2n) is 0.966. The molecule has 0 aromatic carbocycles. The number of rotatable bonds is 0. The minimum Gasteiger partial charge on any atom is -0.822 e. The van der Waals surface area contributed by atoms with Gasteiger partial charge in [0, 0.05) is 6.92 Å². The molecule has 10 heavy (non-hydrogen) atoms. The van der Waals surface area contributed by atoms with Crippen molar-refractivity contribution in [2.45, 2.75) is 6.92 Å². The zero-order valence-corrected chi connectivity index (χ0v) is 6.70. The molecule has 6 nitrogen and oxygen atoms in total. The Balaban J connectivity index is -0.0000000910. The first-order valence-corrected chi connectivity index (χ1v) is 3.12. The molecule has 0 spiro atoms. The SMILES string of the molecule is CC(=O)O.O=P([O-])([O-])[O-].[Co+3]. The largest absolute Gasteiger partial charge is 3.00 e. The van der Waals surface area contributed by atoms with Crippen LogP contribution in [0.25, 0.3) is 0 Å². The van der Waals surface area contributed by atoms with Gasteiger partial charge in [-0.1, -0.05) is 0 Å². The molecule has 0 radical (unpaired) electrons. The summed E-state index contributed by atoms with van der Waals surface area (Å²) in [6.07, 6.45) is 0. The van der Waals surface area contributed by atoms with E-state index in [0.717, 1.165) is 6.92 Å². The van der Waals surface area contributed by atoms with Gasteiger partial charge in [0.15, 0.2) is 0 Å². The average molecular weight is 214 g/mol. The van der Waals surface area contributed by atoms with E-state index in [1.165, 1.54) is 0 Å². The molecule has 0 saturated heterocycles. The molecule has 0 fully saturated rings. The number of phosphoric acid groups is 1. The summed E-state index contributed by atoms with van der Waals surface area (Å²) in [7, 11) is -5.39. The van der Waals surface area contributed by atoms with E-state index in [9.17, 15) is 0 Å². The molecule has 0 aliphatic carbocycles. The van der Waals surface area contributed by atoms with Crippen LogP contribution >= 0.6 is 7.82 Å². The molecule has 0 saturated carbocycles. The smallest absolute Gasteiger partial charge is 0.822 e. The van der Waals surface area contributed by atoms with Crippen LogP contribution in [0.4, 0.5) is 0 Å². The first-order valence-electron chi connectivity index (χ1n) is 1.66. The van der Waals surface area contributed by atoms with Crippen molar-refractivity contribution in [2.75, 3.05) is 0 Å². The van der Waals surface area contributed by atoms with Gasteiger partial charge in [0.1, 0.15) is 0 Å². The van der Waals surface area contributed by atoms with Crippen LogP contribution in [0.1, 0.15) is 6.92 Å². The molecule has 0 aromatic heterocycles. The van der Waals surface area contributed by atoms with E-state index in [2.05, 4.69) is 0 Å². The Labute approximate surface area is 67.3 Å². The number of hydrogen-bond donors (Lipinski definition) is 1. The van der Waals surface area contributed by atoms with Crippen LogP contribution in [0.15, 0.2) is 0 Å². The molecule has 0 heterocycles. The van der Waals surface area contributed by atoms with Gasteiger partial charge in [-0.15, -0.1) is 0 Å². The Morgan fingerprint density at radius 3 is 1.40 bits per heavy atom. The molecule has 8 heteroatoms. The number of carboxylic acids is 1. The zero-order valence-electron chi connectivity index (χ0n) is 4.77. The fourth-order valence-corrected chi connectivity index (χ4v) is 0. The number of carboxylic acid groups (broad SMARTS) is 1. The van der Waals surface area contributed by atoms with E-state index >= 15 is 0 Å². The normalized spacial score (nSPS) is 8.40. The van der Waals surface area contributed by atoms with Crippen LogP contribution in [-0.4, -0.2) is 11.1 Å². The average Bonchev–Trinajstić information content (AvgIpc) is 1.19. The summed E-state index contributed by atoms with van der Waals surface area (Å²) in [5.41, 5.74) is 0. The van der Waals surface area contributed by atoms with Crippen molar-refractivity contribution in [2.24, 2.45) is 0 Å². The minimum atomic E-state index is -5.39. The van der Waals surface area contributed by atoms with Crippen molar-refractivity contribution in [3.63, 3.8) is 0 Å². The molecule has 1 N–H and O–H groups in total. The van der Waals surface area contributed by atoms with Gasteiger partial charge in [-0.3, -0.25) is 4.79 Å². The van der Waals surface area contributed by atoms with Crippen molar-refractivity contribution in [3.05, 3.63) is 0 Å². The van der Waals surface area contributed by atoms with Gasteiger partial charge >= 0.3 is 16.8 Å². The standard InChI is InChI=1S/C2H4O2.Co.H3O4P/c1-2(3)4;;1-5(2,3)4/h1H3,(H,3,4);;(H3,1,2,3,4)/q;+3;/p-3. The van der Waals surface area contributed by atoms with E-state index in [1.54, 1.807) is 0 Å². The number of aliphatic carboxylic acids is 1. The third kappa shape index (κ3) is 54300. The monoisotopic (exact) mass is 214 g/mol. The molecular weight excluding hydrogens is 210 g/mol. The van der Waals surface area contributed by atoms with Crippen LogP contribution in [-0.2, 0) is 26.1 Å². The van der Waals surface area contributed by atoms with Crippen molar-refractivity contribution >= 4 is 13.8 Å². The summed E-state index contributed by atoms with van der Waals surface area (Å²) in [6.45, 7) is 1.08. The molecule has 0 atom stereocenters. The molecule has 0 aliphatic heterocycles. The topological polar surface area (TPSA) is 124 Å². The minimum absolute atomic E-state index is 0. The summed E-state index contributed by atoms with van der Waals surface area (Å²) in [4.78, 5) is 34.6. The fourth-order valence-electron chi connectivity index (χ4n) is 0. The molecule has 0 aromatic rings. The van der Waals surface area contributed by atoms with E-state index in [0.29, 0.717) is 0 Å². The van der Waals surface area contributed by atoms with E-state index in [-0.39, 0.29) is 16.8 Å². The van der Waals surface area contributed by atoms with Crippen LogP contribution in [0.5, 0.6) is 0 Å². The molecule has 0 aliphatic rings. The van der Waals surface area contributed by atoms with E-state index in [1.807, 2.05) is 0 Å². The maximum atomic E-state index is 9.00. The first kappa shape index (κ1) is 16.6. The number of carbonyl (C=O) groups is 1. The van der Waals surface area contributed by atoms with Crippen molar-refractivity contribution in [3.8, 4) is 0 Å². The molecule has 0 amide bonds. The van der Waals surface area contributed by atoms with E-state index < -0.39 is 13.8 Å². The van der Waals surface area contributed by atoms with E-state index in [4.69, 9.17) is 29.1 Å². The fraction of sp³-hybridized carbons (Fsp3) is 0.500. The van der Waals surface area contributed by atoms with Gasteiger partial charge in [-0.05, 0) is 0 Å². The third-order valence-electron chi connectivity index (χ3n) is 0. The Morgan fingerprint density at radius 2 is 1.40 bits per heavy atom. The number of hydrogen-bond acceptors (Lipinski definition) is 5. The predicted octanol–water partition coefficient (Wildman–Crippen LogP) is -2.74. The molecule has 62 valence electrons. The van der Waals surface area contributed by atoms with Crippen LogP contribution in [0.3, 0.4) is 0 Å². The molecule has 0 unspecified atom stereocenters. The van der Waals surface area contributed by atoms with Gasteiger partial charge < -0.3 is 24.4 Å². The van der Waals surface area contributed by atoms with Crippen molar-refractivity contribution in [1.82, 2.24) is 0 Å². The van der Waals surface area contributed by atoms with Gasteiger partial charge in [-0.25, -0.2) is 0 Å². The van der Waals surface area contributed by atoms with Gasteiger partial charge in [0.2, 0.25) is 0 Å². The Hall–Kier alpha value is 0.0865. The second kappa shape index (κ2) is 7.20. The summed E-state index contributed by atoms with van der Waals surface area (Å²) in [5.74, 6) is -0.833. The Morgan fingerprint density at radius 1 is 1.40 bits per heavy atom. The summed E-state index contributed by atoms with van der Waals surface area (Å²) in [5, 5.41) is 7.42. The second-order valence-corrected chi connectivity index (χ2v) is 1.86. The predicted molar refractivity (Wildman–Crippen MR) is 20.9 cm³/mol. The van der Waals surface area contributed by atoms with Gasteiger partial charge in [-0.2, -0.15) is 7.82 Å².